The van der Waals surface area contributed by atoms with Gasteiger partial charge >= 0.3 is 0 Å². The Bertz CT molecular complexity index is 661. The molecule has 0 radical (unpaired) electrons. The van der Waals surface area contributed by atoms with E-state index >= 15 is 0 Å². The number of nitrogens with one attached hydrogen (secondary N) is 1. The summed E-state index contributed by atoms with van der Waals surface area (Å²) in [6.07, 6.45) is 2.16. The molecule has 1 heterocycles. The summed E-state index contributed by atoms with van der Waals surface area (Å²) < 4.78 is 5.34. The first-order valence-electron chi connectivity index (χ1n) is 6.94. The van der Waals surface area contributed by atoms with Crippen molar-refractivity contribution in [2.24, 2.45) is 0 Å². The van der Waals surface area contributed by atoms with Crippen LogP contribution in [-0.2, 0) is 4.79 Å². The van der Waals surface area contributed by atoms with E-state index in [1.54, 1.807) is 43.3 Å². The van der Waals surface area contributed by atoms with E-state index in [2.05, 4.69) is 5.32 Å². The number of carbonyl (C=O) groups is 1. The number of benzene rings is 1. The summed E-state index contributed by atoms with van der Waals surface area (Å²) in [5.41, 5.74) is 0.697. The number of amides is 1. The molecule has 22 heavy (non-hydrogen) atoms. The van der Waals surface area contributed by atoms with Crippen LogP contribution in [0.5, 0.6) is 0 Å². The molecule has 0 saturated heterocycles. The van der Waals surface area contributed by atoms with Gasteiger partial charge in [0, 0.05) is 11.1 Å². The minimum atomic E-state index is -0.805. The predicted octanol–water partition coefficient (Wildman–Crippen LogP) is 3.49. The molecule has 0 bridgehead atoms. The summed E-state index contributed by atoms with van der Waals surface area (Å²) in [5.74, 6) is 1.10. The molecule has 2 aromatic rings. The van der Waals surface area contributed by atoms with Crippen LogP contribution in [0.25, 0.3) is 6.08 Å². The highest BCUT2D eigenvalue weighted by molar-refractivity contribution is 6.30. The zero-order chi connectivity index (χ0) is 16.1. The lowest BCUT2D eigenvalue weighted by atomic mass is 10.0. The molecule has 1 aromatic carbocycles. The minimum Gasteiger partial charge on any atom is -0.462 e. The predicted molar refractivity (Wildman–Crippen MR) is 86.5 cm³/mol. The quantitative estimate of drug-likeness (QED) is 0.829. The Kier molecular flexibility index (Phi) is 5.41. The van der Waals surface area contributed by atoms with E-state index in [-0.39, 0.29) is 5.91 Å². The van der Waals surface area contributed by atoms with Crippen LogP contribution in [0.1, 0.15) is 30.1 Å². The number of aryl methyl sites for hydroxylation is 1. The van der Waals surface area contributed by atoms with Crippen molar-refractivity contribution in [3.63, 3.8) is 0 Å². The van der Waals surface area contributed by atoms with Crippen molar-refractivity contribution in [1.82, 2.24) is 5.32 Å². The van der Waals surface area contributed by atoms with Gasteiger partial charge in [-0.2, -0.15) is 0 Å². The molecule has 4 nitrogen and oxygen atoms in total. The molecule has 116 valence electrons. The zero-order valence-corrected chi connectivity index (χ0v) is 13.2. The summed E-state index contributed by atoms with van der Waals surface area (Å²) in [6.45, 7) is 3.57. The maximum absolute atomic E-state index is 11.9. The van der Waals surface area contributed by atoms with E-state index in [0.717, 1.165) is 5.76 Å². The first kappa shape index (κ1) is 16.3. The van der Waals surface area contributed by atoms with Gasteiger partial charge in [-0.15, -0.1) is 0 Å². The monoisotopic (exact) mass is 319 g/mol. The summed E-state index contributed by atoms with van der Waals surface area (Å²) in [6, 6.07) is 10.0. The van der Waals surface area contributed by atoms with Crippen LogP contribution in [0, 0.1) is 6.92 Å². The van der Waals surface area contributed by atoms with Gasteiger partial charge < -0.3 is 14.8 Å². The molecule has 2 rings (SSSR count). The van der Waals surface area contributed by atoms with E-state index in [4.69, 9.17) is 16.0 Å². The number of furan rings is 1. The standard InChI is InChI=1S/C17H18ClNO3/c1-11-3-8-15(22-11)9-10-16(20)19-12(2)17(21)13-4-6-14(18)7-5-13/h3-10,12,17,21H,1-2H3,(H,19,20)/b10-9+. The Morgan fingerprint density at radius 3 is 2.55 bits per heavy atom. The Balaban J connectivity index is 1.92. The fourth-order valence-electron chi connectivity index (χ4n) is 2.00. The molecule has 0 spiro atoms. The van der Waals surface area contributed by atoms with Crippen LogP contribution in [0.2, 0.25) is 5.02 Å². The van der Waals surface area contributed by atoms with Gasteiger partial charge in [0.2, 0.25) is 5.91 Å². The van der Waals surface area contributed by atoms with Crippen LogP contribution in [0.3, 0.4) is 0 Å². The Morgan fingerprint density at radius 2 is 1.95 bits per heavy atom. The van der Waals surface area contributed by atoms with Crippen LogP contribution in [0.4, 0.5) is 0 Å². The highest BCUT2D eigenvalue weighted by atomic mass is 35.5. The molecule has 0 saturated carbocycles. The van der Waals surface area contributed by atoms with Crippen LogP contribution in [0.15, 0.2) is 46.9 Å². The highest BCUT2D eigenvalue weighted by Gasteiger charge is 2.17. The molecule has 2 atom stereocenters. The number of halogens is 1. The zero-order valence-electron chi connectivity index (χ0n) is 12.4. The van der Waals surface area contributed by atoms with E-state index in [9.17, 15) is 9.90 Å². The van der Waals surface area contributed by atoms with Gasteiger partial charge in [-0.05, 0) is 49.8 Å². The molecule has 2 N–H and O–H groups in total. The minimum absolute atomic E-state index is 0.297. The van der Waals surface area contributed by atoms with Gasteiger partial charge in [-0.3, -0.25) is 4.79 Å². The SMILES string of the molecule is Cc1ccc(/C=C/C(=O)NC(C)C(O)c2ccc(Cl)cc2)o1. The average molecular weight is 320 g/mol. The average Bonchev–Trinajstić information content (AvgIpc) is 2.91. The van der Waals surface area contributed by atoms with E-state index in [1.807, 2.05) is 13.0 Å². The van der Waals surface area contributed by atoms with E-state index < -0.39 is 12.1 Å². The summed E-state index contributed by atoms with van der Waals surface area (Å²) in [5, 5.41) is 13.5. The van der Waals surface area contributed by atoms with Crippen molar-refractivity contribution in [2.75, 3.05) is 0 Å². The van der Waals surface area contributed by atoms with Gasteiger partial charge in [0.05, 0.1) is 12.1 Å². The number of carbonyl (C=O) groups excluding carboxylic acids is 1. The molecule has 1 aromatic heterocycles. The van der Waals surface area contributed by atoms with Gasteiger partial charge in [-0.25, -0.2) is 0 Å². The van der Waals surface area contributed by atoms with Crippen LogP contribution < -0.4 is 5.32 Å². The second-order valence-corrected chi connectivity index (χ2v) is 5.51. The second-order valence-electron chi connectivity index (χ2n) is 5.08. The maximum Gasteiger partial charge on any atom is 0.244 e. The molecule has 0 aliphatic heterocycles. The molecular formula is C17H18ClNO3. The third kappa shape index (κ3) is 4.48. The lowest BCUT2D eigenvalue weighted by molar-refractivity contribution is -0.117. The Hall–Kier alpha value is -2.04. The summed E-state index contributed by atoms with van der Waals surface area (Å²) in [4.78, 5) is 11.9. The topological polar surface area (TPSA) is 62.5 Å². The Morgan fingerprint density at radius 1 is 1.27 bits per heavy atom. The van der Waals surface area contributed by atoms with Gasteiger partial charge in [-0.1, -0.05) is 23.7 Å². The number of hydrogen-bond donors (Lipinski definition) is 2. The molecular weight excluding hydrogens is 302 g/mol. The highest BCUT2D eigenvalue weighted by Crippen LogP contribution is 2.19. The fraction of sp³-hybridized carbons (Fsp3) is 0.235. The summed E-state index contributed by atoms with van der Waals surface area (Å²) in [7, 11) is 0. The lowest BCUT2D eigenvalue weighted by Crippen LogP contribution is -2.36. The first-order chi connectivity index (χ1) is 10.5. The van der Waals surface area contributed by atoms with Crippen LogP contribution in [-0.4, -0.2) is 17.1 Å². The van der Waals surface area contributed by atoms with Crippen molar-refractivity contribution in [2.45, 2.75) is 26.0 Å². The summed E-state index contributed by atoms with van der Waals surface area (Å²) >= 11 is 5.81. The van der Waals surface area contributed by atoms with Gasteiger partial charge in [0.1, 0.15) is 11.5 Å². The number of rotatable bonds is 5. The largest absolute Gasteiger partial charge is 0.462 e. The van der Waals surface area contributed by atoms with Crippen molar-refractivity contribution in [1.29, 1.82) is 0 Å². The third-order valence-corrected chi connectivity index (χ3v) is 3.47. The number of aliphatic hydroxyl groups excluding tert-OH is 1. The molecule has 2 unspecified atom stereocenters. The lowest BCUT2D eigenvalue weighted by Gasteiger charge is -2.20. The second kappa shape index (κ2) is 7.29. The smallest absolute Gasteiger partial charge is 0.244 e. The van der Waals surface area contributed by atoms with E-state index in [1.165, 1.54) is 6.08 Å². The van der Waals surface area contributed by atoms with E-state index in [0.29, 0.717) is 16.3 Å². The molecule has 0 fully saturated rings. The molecule has 0 aliphatic carbocycles. The van der Waals surface area contributed by atoms with Crippen LogP contribution >= 0.6 is 11.6 Å². The first-order valence-corrected chi connectivity index (χ1v) is 7.32. The third-order valence-electron chi connectivity index (χ3n) is 3.22. The van der Waals surface area contributed by atoms with Crippen molar-refractivity contribution in [3.8, 4) is 0 Å². The van der Waals surface area contributed by atoms with Gasteiger partial charge in [0.25, 0.3) is 0 Å². The van der Waals surface area contributed by atoms with Crippen molar-refractivity contribution < 1.29 is 14.3 Å². The molecule has 0 aliphatic rings. The number of aliphatic hydroxyl groups is 1. The van der Waals surface area contributed by atoms with Crippen molar-refractivity contribution >= 4 is 23.6 Å². The number of hydrogen-bond acceptors (Lipinski definition) is 3. The van der Waals surface area contributed by atoms with Crippen molar-refractivity contribution in [3.05, 3.63) is 64.6 Å². The van der Waals surface area contributed by atoms with Gasteiger partial charge in [0.15, 0.2) is 0 Å². The molecule has 1 amide bonds. The molecule has 5 heteroatoms. The fourth-order valence-corrected chi connectivity index (χ4v) is 2.13. The maximum atomic E-state index is 11.9. The Labute approximate surface area is 134 Å². The normalized spacial score (nSPS) is 14.0.